The van der Waals surface area contributed by atoms with Crippen molar-refractivity contribution in [2.75, 3.05) is 0 Å². The van der Waals surface area contributed by atoms with Gasteiger partial charge in [-0.3, -0.25) is 8.80 Å². The number of unbranched alkanes of at least 4 members (excludes halogenated alkanes) is 3. The van der Waals surface area contributed by atoms with Crippen molar-refractivity contribution in [3.63, 3.8) is 0 Å². The molecule has 0 spiro atoms. The van der Waals surface area contributed by atoms with Crippen molar-refractivity contribution in [2.24, 2.45) is 14.1 Å². The summed E-state index contributed by atoms with van der Waals surface area (Å²) < 4.78 is 15.5. The molecule has 326 valence electrons. The zero-order valence-corrected chi connectivity index (χ0v) is 43.8. The maximum Gasteiger partial charge on any atom is 0.234 e. The summed E-state index contributed by atoms with van der Waals surface area (Å²) in [6.45, 7) is 15.1. The number of fused-ring (bicyclic) bond motifs is 2. The van der Waals surface area contributed by atoms with E-state index in [1.54, 1.807) is 24.6 Å². The van der Waals surface area contributed by atoms with Crippen molar-refractivity contribution < 1.29 is 0 Å². The number of rotatable bonds is 15. The van der Waals surface area contributed by atoms with Crippen molar-refractivity contribution in [3.8, 4) is 10.6 Å². The molecule has 0 bridgehead atoms. The van der Waals surface area contributed by atoms with Gasteiger partial charge in [-0.15, -0.1) is 11.3 Å². The van der Waals surface area contributed by atoms with Crippen LogP contribution in [-0.2, 0) is 14.1 Å². The summed E-state index contributed by atoms with van der Waals surface area (Å²) in [5.74, 6) is 3.22. The van der Waals surface area contributed by atoms with Crippen LogP contribution in [0.2, 0.25) is 13.3 Å². The van der Waals surface area contributed by atoms with E-state index >= 15 is 0 Å². The molecule has 8 aromatic rings. The predicted molar refractivity (Wildman–Crippen MR) is 269 cm³/mol. The average Bonchev–Trinajstić information content (AvgIpc) is 4.10. The van der Waals surface area contributed by atoms with Gasteiger partial charge in [0.1, 0.15) is 16.3 Å². The summed E-state index contributed by atoms with van der Waals surface area (Å²) in [6.07, 6.45) is 24.3. The van der Waals surface area contributed by atoms with Crippen LogP contribution in [0.3, 0.4) is 0 Å². The van der Waals surface area contributed by atoms with E-state index in [1.807, 2.05) is 123 Å². The van der Waals surface area contributed by atoms with Crippen molar-refractivity contribution >= 4 is 95.7 Å². The van der Waals surface area contributed by atoms with Crippen LogP contribution in [-0.4, -0.2) is 66.2 Å². The first-order valence-electron chi connectivity index (χ1n) is 21.7. The molecule has 0 unspecified atom stereocenters. The molecule has 0 aliphatic rings. The minimum atomic E-state index is -2.01. The molecular weight excluding hydrogens is 979 g/mol. The Balaban J connectivity index is 0.000000157. The zero-order chi connectivity index (χ0) is 44.2. The van der Waals surface area contributed by atoms with Gasteiger partial charge in [-0.25, -0.2) is 29.9 Å². The third-order valence-corrected chi connectivity index (χ3v) is 31.6. The maximum absolute atomic E-state index is 4.69. The fourth-order valence-corrected chi connectivity index (χ4v) is 28.7. The second kappa shape index (κ2) is 22.4. The number of aryl methyl sites for hydroxylation is 6. The number of imidazole rings is 4. The molecule has 10 nitrogen and oxygen atoms in total. The predicted octanol–water partition coefficient (Wildman–Crippen LogP) is 12.8. The first kappa shape index (κ1) is 47.3. The standard InChI is InChI=1S/C18H17N5S.C14H14BrN5.C4H3S.3C4H9.Sn/c1-12-9-13(2)23-10-14(20-18(23)19-12)6-7-17-21-15(11-22(17)3)16-5-4-8-24-16;1-9-6-10(2)20-7-11(17-14(20)16-9)4-5-13-18-12(15)8-19(13)3;1-2-4-5-3-1;3*1-3-4-2;/h4-11H,1-3H3;4-8H,1-3H3;1-3H;3*1,3-4H2,2H3;/b7-6+;5-4+;;;;;. The quantitative estimate of drug-likeness (QED) is 0.0949. The largest absolute Gasteiger partial charge is 0.334 e. The van der Waals surface area contributed by atoms with E-state index in [4.69, 9.17) is 0 Å². The van der Waals surface area contributed by atoms with Gasteiger partial charge in [0.05, 0.1) is 22.0 Å². The van der Waals surface area contributed by atoms with E-state index in [1.165, 1.54) is 43.4 Å². The summed E-state index contributed by atoms with van der Waals surface area (Å²) in [4.78, 5) is 28.2. The topological polar surface area (TPSA) is 96.0 Å². The van der Waals surface area contributed by atoms with E-state index in [0.717, 1.165) is 67.7 Å². The van der Waals surface area contributed by atoms with Gasteiger partial charge in [0.15, 0.2) is 0 Å². The smallest absolute Gasteiger partial charge is 0.234 e. The molecule has 0 aliphatic heterocycles. The van der Waals surface area contributed by atoms with Crippen molar-refractivity contribution in [3.05, 3.63) is 122 Å². The van der Waals surface area contributed by atoms with Gasteiger partial charge in [-0.05, 0) is 91.5 Å². The minimum Gasteiger partial charge on any atom is -0.334 e. The molecule has 0 aromatic carbocycles. The van der Waals surface area contributed by atoms with Gasteiger partial charge in [0.25, 0.3) is 0 Å². The van der Waals surface area contributed by atoms with E-state index in [2.05, 4.69) is 114 Å². The molecule has 0 fully saturated rings. The van der Waals surface area contributed by atoms with Crippen LogP contribution >= 0.6 is 38.6 Å². The van der Waals surface area contributed by atoms with Crippen LogP contribution in [0.25, 0.3) is 46.4 Å². The Morgan fingerprint density at radius 2 is 1.10 bits per heavy atom. The summed E-state index contributed by atoms with van der Waals surface area (Å²) in [6, 6.07) is 13.0. The molecule has 0 amide bonds. The normalized spacial score (nSPS) is 11.8. The van der Waals surface area contributed by atoms with Gasteiger partial charge in [0, 0.05) is 61.7 Å². The van der Waals surface area contributed by atoms with Crippen LogP contribution in [0.5, 0.6) is 0 Å². The Kier molecular flexibility index (Phi) is 17.1. The maximum atomic E-state index is 4.69. The van der Waals surface area contributed by atoms with Crippen LogP contribution in [0.15, 0.2) is 76.5 Å². The Morgan fingerprint density at radius 1 is 0.597 bits per heavy atom. The molecule has 0 atom stereocenters. The Bertz CT molecular complexity index is 2680. The molecule has 0 radical (unpaired) electrons. The molecule has 8 aromatic heterocycles. The third kappa shape index (κ3) is 12.3. The number of hydrogen-bond donors (Lipinski definition) is 0. The van der Waals surface area contributed by atoms with E-state index in [0.29, 0.717) is 0 Å². The molecule has 8 rings (SSSR count). The monoisotopic (exact) mass is 1040 g/mol. The Labute approximate surface area is 388 Å². The van der Waals surface area contributed by atoms with Gasteiger partial charge in [0.2, 0.25) is 11.6 Å². The molecule has 0 saturated heterocycles. The first-order chi connectivity index (χ1) is 29.9. The van der Waals surface area contributed by atoms with Crippen LogP contribution < -0.4 is 2.89 Å². The first-order valence-corrected chi connectivity index (χ1v) is 31.8. The van der Waals surface area contributed by atoms with Crippen LogP contribution in [0, 0.1) is 27.7 Å². The molecule has 0 saturated carbocycles. The molecule has 0 N–H and O–H groups in total. The minimum absolute atomic E-state index is 0.725. The van der Waals surface area contributed by atoms with E-state index in [9.17, 15) is 0 Å². The van der Waals surface area contributed by atoms with Crippen molar-refractivity contribution in [2.45, 2.75) is 100 Å². The fraction of sp³-hybridized carbons (Fsp3) is 0.375. The Hall–Kier alpha value is -4.18. The number of hydrogen-bond acceptors (Lipinski definition) is 8. The van der Waals surface area contributed by atoms with Gasteiger partial charge in [-0.2, -0.15) is 0 Å². The summed E-state index contributed by atoms with van der Waals surface area (Å²) in [7, 11) is 3.96. The van der Waals surface area contributed by atoms with Gasteiger partial charge < -0.3 is 9.13 Å². The SMILES string of the molecule is CCC[CH2][Sn]([CH2]CCC)([CH2]CCC)[c]1cccs1.Cc1cc(C)n2cc(/C=C/c3nc(-c4cccs4)cn3C)nc2n1.Cc1cc(C)n2cc(/C=C/c3nc(Br)cn3C)nc2n1. The van der Waals surface area contributed by atoms with Gasteiger partial charge in [-0.1, -0.05) is 6.07 Å². The summed E-state index contributed by atoms with van der Waals surface area (Å²) in [5.41, 5.74) is 6.94. The van der Waals surface area contributed by atoms with E-state index < -0.39 is 18.4 Å². The van der Waals surface area contributed by atoms with Gasteiger partial charge >= 0.3 is 123 Å². The van der Waals surface area contributed by atoms with Crippen LogP contribution in [0.1, 0.15) is 105 Å². The average molecular weight is 1040 g/mol. The molecule has 8 heterocycles. The molecule has 62 heavy (non-hydrogen) atoms. The number of halogens is 1. The molecule has 0 aliphatic carbocycles. The zero-order valence-electron chi connectivity index (χ0n) is 37.8. The van der Waals surface area contributed by atoms with E-state index in [-0.39, 0.29) is 0 Å². The molecular formula is C48H61BrN10S2Sn. The van der Waals surface area contributed by atoms with Crippen LogP contribution in [0.4, 0.5) is 0 Å². The molecule has 14 heteroatoms. The summed E-state index contributed by atoms with van der Waals surface area (Å²) >= 11 is 5.11. The second-order valence-corrected chi connectivity index (χ2v) is 33.0. The summed E-state index contributed by atoms with van der Waals surface area (Å²) in [5, 5.41) is 4.37. The number of thiophene rings is 2. The van der Waals surface area contributed by atoms with Crippen molar-refractivity contribution in [1.29, 1.82) is 0 Å². The third-order valence-electron chi connectivity index (χ3n) is 11.0. The Morgan fingerprint density at radius 3 is 1.55 bits per heavy atom. The number of aromatic nitrogens is 10. The fourth-order valence-electron chi connectivity index (χ4n) is 7.70. The number of nitrogens with zero attached hydrogens (tertiary/aromatic N) is 10. The van der Waals surface area contributed by atoms with Crippen molar-refractivity contribution in [1.82, 2.24) is 47.8 Å². The second-order valence-electron chi connectivity index (χ2n) is 16.1.